The first-order valence-corrected chi connectivity index (χ1v) is 8.17. The van der Waals surface area contributed by atoms with Crippen LogP contribution in [0.3, 0.4) is 0 Å². The summed E-state index contributed by atoms with van der Waals surface area (Å²) in [4.78, 5) is 13.7. The van der Waals surface area contributed by atoms with Crippen LogP contribution in [0.5, 0.6) is 0 Å². The molecule has 1 aliphatic rings. The number of pyridine rings is 1. The second-order valence-corrected chi connectivity index (χ2v) is 7.07. The van der Waals surface area contributed by atoms with Crippen LogP contribution in [0, 0.1) is 0 Å². The molecule has 1 fully saturated rings. The van der Waals surface area contributed by atoms with Crippen molar-refractivity contribution in [2.45, 2.75) is 43.0 Å². The number of aromatic nitrogens is 1. The molecular formula is C11H15BrN2O3S. The van der Waals surface area contributed by atoms with Crippen LogP contribution in [0.1, 0.15) is 32.1 Å². The van der Waals surface area contributed by atoms with E-state index in [9.17, 15) is 13.2 Å². The smallest absolute Gasteiger partial charge is 0.268 e. The van der Waals surface area contributed by atoms with Gasteiger partial charge in [-0.05, 0) is 34.8 Å². The zero-order valence-electron chi connectivity index (χ0n) is 9.78. The van der Waals surface area contributed by atoms with Crippen molar-refractivity contribution in [3.05, 3.63) is 27.1 Å². The standard InChI is InChI=1S/C11H15BrN2O3S/c12-8-6-10(11(15)13-7-8)18(16,17)14-9-4-2-1-3-5-9/h6-7,9,14H,1-5H2,(H,13,15). The SMILES string of the molecule is O=c1[nH]cc(Br)cc1S(=O)(=O)NC1CCCCC1. The van der Waals surface area contributed by atoms with Crippen molar-refractivity contribution in [2.75, 3.05) is 0 Å². The molecule has 0 aromatic carbocycles. The van der Waals surface area contributed by atoms with Gasteiger partial charge in [0.05, 0.1) is 0 Å². The Bertz CT molecular complexity index is 576. The van der Waals surface area contributed by atoms with E-state index in [1.165, 1.54) is 12.3 Å². The lowest BCUT2D eigenvalue weighted by molar-refractivity contribution is 0.412. The molecule has 0 unspecified atom stereocenters. The quantitative estimate of drug-likeness (QED) is 0.883. The minimum atomic E-state index is -3.74. The van der Waals surface area contributed by atoms with E-state index in [2.05, 4.69) is 25.6 Å². The molecule has 100 valence electrons. The van der Waals surface area contributed by atoms with Gasteiger partial charge in [-0.15, -0.1) is 0 Å². The summed E-state index contributed by atoms with van der Waals surface area (Å²) in [6.07, 6.45) is 6.30. The van der Waals surface area contributed by atoms with E-state index in [-0.39, 0.29) is 10.9 Å². The fraction of sp³-hybridized carbons (Fsp3) is 0.545. The van der Waals surface area contributed by atoms with Crippen LogP contribution in [0.15, 0.2) is 26.4 Å². The lowest BCUT2D eigenvalue weighted by Gasteiger charge is -2.22. The van der Waals surface area contributed by atoms with Gasteiger partial charge in [0, 0.05) is 16.7 Å². The zero-order chi connectivity index (χ0) is 13.2. The summed E-state index contributed by atoms with van der Waals surface area (Å²) in [5.41, 5.74) is -0.596. The van der Waals surface area contributed by atoms with Gasteiger partial charge in [0.2, 0.25) is 10.0 Å². The number of rotatable bonds is 3. The molecule has 2 N–H and O–H groups in total. The van der Waals surface area contributed by atoms with Crippen molar-refractivity contribution in [1.29, 1.82) is 0 Å². The van der Waals surface area contributed by atoms with Gasteiger partial charge in [-0.25, -0.2) is 13.1 Å². The predicted molar refractivity (Wildman–Crippen MR) is 72.0 cm³/mol. The van der Waals surface area contributed by atoms with Crippen molar-refractivity contribution in [3.63, 3.8) is 0 Å². The van der Waals surface area contributed by atoms with Gasteiger partial charge >= 0.3 is 0 Å². The summed E-state index contributed by atoms with van der Waals surface area (Å²) in [6.45, 7) is 0. The highest BCUT2D eigenvalue weighted by molar-refractivity contribution is 9.10. The van der Waals surface area contributed by atoms with Crippen molar-refractivity contribution >= 4 is 26.0 Å². The summed E-state index contributed by atoms with van der Waals surface area (Å²) in [6, 6.07) is 1.27. The van der Waals surface area contributed by atoms with Crippen LogP contribution >= 0.6 is 15.9 Å². The van der Waals surface area contributed by atoms with Crippen molar-refractivity contribution in [1.82, 2.24) is 9.71 Å². The van der Waals surface area contributed by atoms with Gasteiger partial charge in [0.15, 0.2) is 0 Å². The number of aromatic amines is 1. The van der Waals surface area contributed by atoms with Gasteiger partial charge < -0.3 is 4.98 Å². The Hall–Kier alpha value is -0.660. The minimum absolute atomic E-state index is 0.0536. The summed E-state index contributed by atoms with van der Waals surface area (Å²) >= 11 is 3.15. The molecule has 0 atom stereocenters. The van der Waals surface area contributed by atoms with Gasteiger partial charge in [-0.3, -0.25) is 4.79 Å². The number of sulfonamides is 1. The van der Waals surface area contributed by atoms with Crippen LogP contribution in [-0.2, 0) is 10.0 Å². The van der Waals surface area contributed by atoms with Gasteiger partial charge in [0.25, 0.3) is 5.56 Å². The monoisotopic (exact) mass is 334 g/mol. The van der Waals surface area contributed by atoms with E-state index in [1.54, 1.807) is 0 Å². The minimum Gasteiger partial charge on any atom is -0.327 e. The van der Waals surface area contributed by atoms with Gasteiger partial charge in [-0.2, -0.15) is 0 Å². The molecule has 0 radical (unpaired) electrons. The number of H-pyrrole nitrogens is 1. The number of nitrogens with one attached hydrogen (secondary N) is 2. The Kier molecular flexibility index (Phi) is 4.24. The van der Waals surface area contributed by atoms with E-state index in [1.807, 2.05) is 0 Å². The molecule has 0 saturated heterocycles. The van der Waals surface area contributed by atoms with Crippen LogP contribution in [0.25, 0.3) is 0 Å². The lowest BCUT2D eigenvalue weighted by Crippen LogP contribution is -2.38. The topological polar surface area (TPSA) is 79.0 Å². The Morgan fingerprint density at radius 3 is 2.61 bits per heavy atom. The number of hydrogen-bond acceptors (Lipinski definition) is 3. The second-order valence-electron chi connectivity index (χ2n) is 4.47. The molecular weight excluding hydrogens is 320 g/mol. The maximum Gasteiger partial charge on any atom is 0.268 e. The molecule has 7 heteroatoms. The molecule has 18 heavy (non-hydrogen) atoms. The Balaban J connectivity index is 2.24. The summed E-state index contributed by atoms with van der Waals surface area (Å²) in [7, 11) is -3.74. The predicted octanol–water partition coefficient (Wildman–Crippen LogP) is 1.75. The van der Waals surface area contributed by atoms with Crippen molar-refractivity contribution < 1.29 is 8.42 Å². The maximum atomic E-state index is 12.1. The van der Waals surface area contributed by atoms with Crippen LogP contribution in [0.2, 0.25) is 0 Å². The van der Waals surface area contributed by atoms with E-state index < -0.39 is 15.6 Å². The second kappa shape index (κ2) is 5.54. The Morgan fingerprint density at radius 1 is 1.28 bits per heavy atom. The lowest BCUT2D eigenvalue weighted by atomic mass is 9.96. The van der Waals surface area contributed by atoms with Crippen LogP contribution in [0.4, 0.5) is 0 Å². The highest BCUT2D eigenvalue weighted by atomic mass is 79.9. The summed E-state index contributed by atoms with van der Waals surface area (Å²) in [5, 5.41) is 0. The fourth-order valence-corrected chi connectivity index (χ4v) is 4.02. The molecule has 0 spiro atoms. The van der Waals surface area contributed by atoms with Crippen molar-refractivity contribution in [3.8, 4) is 0 Å². The largest absolute Gasteiger partial charge is 0.327 e. The maximum absolute atomic E-state index is 12.1. The molecule has 1 heterocycles. The average Bonchev–Trinajstić information content (AvgIpc) is 2.33. The molecule has 0 amide bonds. The highest BCUT2D eigenvalue weighted by Gasteiger charge is 2.24. The molecule has 0 bridgehead atoms. The first-order valence-electron chi connectivity index (χ1n) is 5.89. The van der Waals surface area contributed by atoms with E-state index >= 15 is 0 Å². The molecule has 1 saturated carbocycles. The third kappa shape index (κ3) is 3.21. The third-order valence-electron chi connectivity index (χ3n) is 3.05. The first-order chi connectivity index (χ1) is 8.49. The third-order valence-corrected chi connectivity index (χ3v) is 5.03. The van der Waals surface area contributed by atoms with Crippen molar-refractivity contribution in [2.24, 2.45) is 0 Å². The molecule has 1 aromatic heterocycles. The molecule has 2 rings (SSSR count). The van der Waals surface area contributed by atoms with E-state index in [0.717, 1.165) is 32.1 Å². The number of halogens is 1. The van der Waals surface area contributed by atoms with E-state index in [0.29, 0.717) is 4.47 Å². The first kappa shape index (κ1) is 13.8. The number of hydrogen-bond donors (Lipinski definition) is 2. The van der Waals surface area contributed by atoms with Crippen LogP contribution < -0.4 is 10.3 Å². The zero-order valence-corrected chi connectivity index (χ0v) is 12.2. The average molecular weight is 335 g/mol. The van der Waals surface area contributed by atoms with Gasteiger partial charge in [0.1, 0.15) is 4.90 Å². The summed E-state index contributed by atoms with van der Waals surface area (Å²) in [5.74, 6) is 0. The molecule has 5 nitrogen and oxygen atoms in total. The van der Waals surface area contributed by atoms with Crippen LogP contribution in [-0.4, -0.2) is 19.4 Å². The Labute approximate surface area is 114 Å². The van der Waals surface area contributed by atoms with Gasteiger partial charge in [-0.1, -0.05) is 19.3 Å². The molecule has 1 aromatic rings. The normalized spacial score (nSPS) is 17.8. The van der Waals surface area contributed by atoms with E-state index in [4.69, 9.17) is 0 Å². The fourth-order valence-electron chi connectivity index (χ4n) is 2.14. The highest BCUT2D eigenvalue weighted by Crippen LogP contribution is 2.19. The Morgan fingerprint density at radius 2 is 1.94 bits per heavy atom. The molecule has 1 aliphatic carbocycles. The summed E-state index contributed by atoms with van der Waals surface area (Å²) < 4.78 is 27.4. The molecule has 0 aliphatic heterocycles.